The lowest BCUT2D eigenvalue weighted by atomic mass is 9.96. The van der Waals surface area contributed by atoms with Crippen molar-refractivity contribution in [3.63, 3.8) is 0 Å². The van der Waals surface area contributed by atoms with Crippen LogP contribution in [0.4, 0.5) is 5.82 Å². The van der Waals surface area contributed by atoms with E-state index in [1.165, 1.54) is 66.1 Å². The fourth-order valence-corrected chi connectivity index (χ4v) is 6.60. The van der Waals surface area contributed by atoms with Crippen LogP contribution in [0.2, 0.25) is 0 Å². The van der Waals surface area contributed by atoms with E-state index in [-0.39, 0.29) is 0 Å². The minimum absolute atomic E-state index is 0.594. The van der Waals surface area contributed by atoms with Crippen molar-refractivity contribution in [2.24, 2.45) is 5.92 Å². The topological polar surface area (TPSA) is 72.0 Å². The van der Waals surface area contributed by atoms with Gasteiger partial charge in [-0.15, -0.1) is 11.3 Å². The minimum Gasteiger partial charge on any atom is -0.382 e. The summed E-state index contributed by atoms with van der Waals surface area (Å²) < 4.78 is 3.82. The van der Waals surface area contributed by atoms with Crippen molar-refractivity contribution < 1.29 is 0 Å². The van der Waals surface area contributed by atoms with Crippen molar-refractivity contribution in [2.75, 3.05) is 39.0 Å². The third-order valence-corrected chi connectivity index (χ3v) is 8.54. The highest BCUT2D eigenvalue weighted by Gasteiger charge is 2.25. The monoisotopic (exact) mass is 440 g/mol. The smallest absolute Gasteiger partial charge is 0.152 e. The van der Waals surface area contributed by atoms with Crippen LogP contribution in [-0.2, 0) is 13.0 Å². The maximum absolute atomic E-state index is 6.47. The highest BCUT2D eigenvalue weighted by atomic mass is 32.1. The Kier molecular flexibility index (Phi) is 6.17. The molecule has 0 atom stereocenters. The van der Waals surface area contributed by atoms with Gasteiger partial charge in [-0.2, -0.15) is 0 Å². The molecule has 3 aromatic heterocycles. The highest BCUT2D eigenvalue weighted by molar-refractivity contribution is 7.20. The average Bonchev–Trinajstić information content (AvgIpc) is 3.36. The fraction of sp³-hybridized carbons (Fsp3) is 0.667. The molecule has 0 amide bonds. The summed E-state index contributed by atoms with van der Waals surface area (Å²) in [6.07, 6.45) is 8.31. The summed E-state index contributed by atoms with van der Waals surface area (Å²) in [5, 5.41) is 3.49. The second kappa shape index (κ2) is 9.04. The molecule has 0 saturated carbocycles. The second-order valence-electron chi connectivity index (χ2n) is 9.57. The molecule has 168 valence electrons. The number of fused-ring (bicyclic) bond motifs is 3. The Morgan fingerprint density at radius 2 is 1.94 bits per heavy atom. The lowest BCUT2D eigenvalue weighted by Crippen LogP contribution is -2.32. The van der Waals surface area contributed by atoms with Gasteiger partial charge in [0.1, 0.15) is 11.3 Å². The number of thiophene rings is 1. The number of hydrogen-bond donors (Lipinski definition) is 2. The standard InChI is InChI=1S/C24H36N6S/c1-3-4-5-20-28-21-22(30(20)15-16-8-12-29(2)13-9-16)23-18(27-24(21)25)14-19(31-23)17-6-10-26-11-7-17/h14,16-17,26H,3-13,15H2,1-2H3,(H2,25,27). The number of nitrogen functional groups attached to an aromatic ring is 1. The molecule has 2 aliphatic heterocycles. The van der Waals surface area contributed by atoms with E-state index in [4.69, 9.17) is 15.7 Å². The van der Waals surface area contributed by atoms with E-state index in [2.05, 4.69) is 34.8 Å². The van der Waals surface area contributed by atoms with Crippen LogP contribution in [-0.4, -0.2) is 52.7 Å². The van der Waals surface area contributed by atoms with Crippen molar-refractivity contribution in [2.45, 2.75) is 64.3 Å². The first-order valence-corrected chi connectivity index (χ1v) is 12.9. The SMILES string of the molecule is CCCCc1nc2c(N)nc3cc(C4CCNCC4)sc3c2n1CC1CCN(C)CC1. The molecular weight excluding hydrogens is 404 g/mol. The number of nitrogens with one attached hydrogen (secondary N) is 1. The molecule has 0 aliphatic carbocycles. The first-order chi connectivity index (χ1) is 15.1. The molecule has 31 heavy (non-hydrogen) atoms. The first kappa shape index (κ1) is 21.2. The molecule has 5 rings (SSSR count). The van der Waals surface area contributed by atoms with Crippen molar-refractivity contribution >= 4 is 38.4 Å². The van der Waals surface area contributed by atoms with Crippen LogP contribution < -0.4 is 11.1 Å². The zero-order chi connectivity index (χ0) is 21.4. The largest absolute Gasteiger partial charge is 0.382 e. The third-order valence-electron chi connectivity index (χ3n) is 7.25. The number of likely N-dealkylation sites (tertiary alicyclic amines) is 1. The zero-order valence-electron chi connectivity index (χ0n) is 19.0. The van der Waals surface area contributed by atoms with E-state index < -0.39 is 0 Å². The molecule has 0 spiro atoms. The van der Waals surface area contributed by atoms with Crippen LogP contribution in [0.15, 0.2) is 6.07 Å². The molecule has 0 radical (unpaired) electrons. The number of rotatable bonds is 6. The lowest BCUT2D eigenvalue weighted by molar-refractivity contribution is 0.205. The van der Waals surface area contributed by atoms with Gasteiger partial charge in [0.05, 0.1) is 15.7 Å². The van der Waals surface area contributed by atoms with Crippen LogP contribution in [0.1, 0.15) is 62.1 Å². The quantitative estimate of drug-likeness (QED) is 0.595. The molecule has 2 saturated heterocycles. The predicted octanol–water partition coefficient (Wildman–Crippen LogP) is 4.38. The number of piperidine rings is 2. The number of imidazole rings is 1. The number of nitrogens with two attached hydrogens (primary N) is 1. The molecule has 6 nitrogen and oxygen atoms in total. The Bertz CT molecular complexity index is 1040. The maximum atomic E-state index is 6.47. The summed E-state index contributed by atoms with van der Waals surface area (Å²) in [5.41, 5.74) is 9.71. The summed E-state index contributed by atoms with van der Waals surface area (Å²) in [4.78, 5) is 13.8. The van der Waals surface area contributed by atoms with Crippen LogP contribution in [0.25, 0.3) is 21.3 Å². The van der Waals surface area contributed by atoms with Crippen LogP contribution >= 0.6 is 11.3 Å². The van der Waals surface area contributed by atoms with Crippen LogP contribution in [0, 0.1) is 5.92 Å². The number of unbranched alkanes of at least 4 members (excludes halogenated alkanes) is 1. The summed E-state index contributed by atoms with van der Waals surface area (Å²) in [6, 6.07) is 2.31. The van der Waals surface area contributed by atoms with Crippen LogP contribution in [0.5, 0.6) is 0 Å². The average molecular weight is 441 g/mol. The second-order valence-corrected chi connectivity index (χ2v) is 10.7. The summed E-state index contributed by atoms with van der Waals surface area (Å²) in [5.74, 6) is 3.15. The first-order valence-electron chi connectivity index (χ1n) is 12.1. The van der Waals surface area contributed by atoms with E-state index in [1.807, 2.05) is 11.3 Å². The van der Waals surface area contributed by atoms with Gasteiger partial charge < -0.3 is 20.5 Å². The van der Waals surface area contributed by atoms with E-state index in [0.717, 1.165) is 43.5 Å². The van der Waals surface area contributed by atoms with E-state index in [9.17, 15) is 0 Å². The van der Waals surface area contributed by atoms with Gasteiger partial charge in [0.2, 0.25) is 0 Å². The predicted molar refractivity (Wildman–Crippen MR) is 131 cm³/mol. The van der Waals surface area contributed by atoms with Crippen molar-refractivity contribution in [3.05, 3.63) is 16.8 Å². The summed E-state index contributed by atoms with van der Waals surface area (Å²) >= 11 is 1.94. The maximum Gasteiger partial charge on any atom is 0.152 e. The van der Waals surface area contributed by atoms with Gasteiger partial charge in [0.15, 0.2) is 5.82 Å². The highest BCUT2D eigenvalue weighted by Crippen LogP contribution is 2.40. The Labute approximate surface area is 189 Å². The van der Waals surface area contributed by atoms with Crippen molar-refractivity contribution in [1.29, 1.82) is 0 Å². The Hall–Kier alpha value is -1.70. The van der Waals surface area contributed by atoms with Gasteiger partial charge >= 0.3 is 0 Å². The van der Waals surface area contributed by atoms with Gasteiger partial charge in [-0.25, -0.2) is 9.97 Å². The lowest BCUT2D eigenvalue weighted by Gasteiger charge is -2.29. The molecule has 3 aromatic rings. The number of aromatic nitrogens is 3. The van der Waals surface area contributed by atoms with Gasteiger partial charge in [-0.1, -0.05) is 13.3 Å². The number of anilines is 1. The van der Waals surface area contributed by atoms with Crippen molar-refractivity contribution in [3.8, 4) is 0 Å². The molecule has 7 heteroatoms. The molecule has 2 aliphatic rings. The number of aryl methyl sites for hydroxylation is 1. The van der Waals surface area contributed by atoms with Gasteiger partial charge in [0, 0.05) is 17.8 Å². The molecule has 0 unspecified atom stereocenters. The minimum atomic E-state index is 0.594. The zero-order valence-corrected chi connectivity index (χ0v) is 19.8. The summed E-state index contributed by atoms with van der Waals surface area (Å²) in [6.45, 7) is 7.92. The Morgan fingerprint density at radius 1 is 1.16 bits per heavy atom. The number of hydrogen-bond acceptors (Lipinski definition) is 6. The Balaban J connectivity index is 1.60. The molecule has 5 heterocycles. The molecule has 2 fully saturated rings. The van der Waals surface area contributed by atoms with Crippen LogP contribution in [0.3, 0.4) is 0 Å². The van der Waals surface area contributed by atoms with Gasteiger partial charge in [-0.05, 0) is 83.2 Å². The van der Waals surface area contributed by atoms with E-state index >= 15 is 0 Å². The number of pyridine rings is 1. The molecule has 3 N–H and O–H groups in total. The third kappa shape index (κ3) is 4.20. The molecular formula is C24H36N6S. The van der Waals surface area contributed by atoms with E-state index in [0.29, 0.717) is 17.7 Å². The van der Waals surface area contributed by atoms with Gasteiger partial charge in [0.25, 0.3) is 0 Å². The molecule has 0 bridgehead atoms. The fourth-order valence-electron chi connectivity index (χ4n) is 5.28. The normalized spacial score (nSPS) is 19.7. The Morgan fingerprint density at radius 3 is 2.68 bits per heavy atom. The van der Waals surface area contributed by atoms with E-state index in [1.54, 1.807) is 0 Å². The van der Waals surface area contributed by atoms with Crippen molar-refractivity contribution in [1.82, 2.24) is 24.8 Å². The number of nitrogens with zero attached hydrogens (tertiary/aromatic N) is 4. The van der Waals surface area contributed by atoms with Gasteiger partial charge in [-0.3, -0.25) is 0 Å². The molecule has 0 aromatic carbocycles. The summed E-state index contributed by atoms with van der Waals surface area (Å²) in [7, 11) is 2.24.